The van der Waals surface area contributed by atoms with E-state index in [4.69, 9.17) is 4.74 Å². The van der Waals surface area contributed by atoms with Gasteiger partial charge >= 0.3 is 5.97 Å². The molecule has 1 amide bonds. The molecule has 0 fully saturated rings. The van der Waals surface area contributed by atoms with Gasteiger partial charge in [-0.1, -0.05) is 25.1 Å². The van der Waals surface area contributed by atoms with Crippen LogP contribution in [0.5, 0.6) is 0 Å². The molecule has 2 N–H and O–H groups in total. The Balaban J connectivity index is 1.86. The van der Waals surface area contributed by atoms with Crippen LogP contribution in [-0.4, -0.2) is 39.2 Å². The summed E-state index contributed by atoms with van der Waals surface area (Å²) < 4.78 is 4.86. The van der Waals surface area contributed by atoms with Crippen molar-refractivity contribution in [3.63, 3.8) is 0 Å². The third kappa shape index (κ3) is 6.60. The minimum atomic E-state index is -0.353. The van der Waals surface area contributed by atoms with Gasteiger partial charge in [0.05, 0.1) is 24.5 Å². The lowest BCUT2D eigenvalue weighted by molar-refractivity contribution is -0.142. The molecule has 0 saturated heterocycles. The lowest BCUT2D eigenvalue weighted by Gasteiger charge is -2.03. The van der Waals surface area contributed by atoms with Gasteiger partial charge in [0.25, 0.3) is 5.56 Å². The highest BCUT2D eigenvalue weighted by Gasteiger charge is 2.11. The maximum Gasteiger partial charge on any atom is 0.311 e. The zero-order valence-electron chi connectivity index (χ0n) is 14.5. The largest absolute Gasteiger partial charge is 0.466 e. The van der Waals surface area contributed by atoms with Crippen LogP contribution in [-0.2, 0) is 27.2 Å². The average molecular weight is 396 g/mol. The number of nitrogens with zero attached hydrogens (tertiary/aromatic N) is 2. The number of hydrogen-bond donors (Lipinski definition) is 2. The minimum absolute atomic E-state index is 0.0737. The molecule has 0 aliphatic rings. The predicted molar refractivity (Wildman–Crippen MR) is 101 cm³/mol. The van der Waals surface area contributed by atoms with Crippen molar-refractivity contribution in [2.45, 2.75) is 38.3 Å². The molecule has 0 aliphatic heterocycles. The number of thiazole rings is 1. The van der Waals surface area contributed by atoms with Crippen molar-refractivity contribution in [3.8, 4) is 0 Å². The normalized spacial score (nSPS) is 10.5. The molecule has 140 valence electrons. The van der Waals surface area contributed by atoms with Crippen LogP contribution >= 0.6 is 23.1 Å². The highest BCUT2D eigenvalue weighted by molar-refractivity contribution is 7.99. The molecule has 10 heteroatoms. The molecule has 0 aliphatic carbocycles. The molecule has 8 nitrogen and oxygen atoms in total. The smallest absolute Gasteiger partial charge is 0.311 e. The molecule has 0 saturated carbocycles. The molecule has 2 aromatic rings. The van der Waals surface area contributed by atoms with Gasteiger partial charge in [0.1, 0.15) is 0 Å². The Morgan fingerprint density at radius 2 is 2.12 bits per heavy atom. The van der Waals surface area contributed by atoms with Gasteiger partial charge < -0.3 is 15.0 Å². The summed E-state index contributed by atoms with van der Waals surface area (Å²) in [6, 6.07) is 1.47. The van der Waals surface area contributed by atoms with E-state index in [2.05, 4.69) is 20.3 Å². The maximum absolute atomic E-state index is 12.0. The molecule has 2 rings (SSSR count). The van der Waals surface area contributed by atoms with E-state index in [1.54, 1.807) is 12.3 Å². The number of nitrogens with one attached hydrogen (secondary N) is 2. The predicted octanol–water partition coefficient (Wildman–Crippen LogP) is 2.02. The Kier molecular flexibility index (Phi) is 7.79. The van der Waals surface area contributed by atoms with Gasteiger partial charge in [-0.2, -0.15) is 0 Å². The topological polar surface area (TPSA) is 114 Å². The molecule has 0 aromatic carbocycles. The number of ether oxygens (including phenoxy) is 1. The van der Waals surface area contributed by atoms with Crippen LogP contribution < -0.4 is 10.9 Å². The van der Waals surface area contributed by atoms with Gasteiger partial charge in [-0.05, 0) is 13.3 Å². The lowest BCUT2D eigenvalue weighted by Crippen LogP contribution is -2.16. The average Bonchev–Trinajstić information content (AvgIpc) is 3.00. The van der Waals surface area contributed by atoms with E-state index in [1.807, 2.05) is 6.92 Å². The summed E-state index contributed by atoms with van der Waals surface area (Å²) in [6.07, 6.45) is 1.68. The third-order valence-electron chi connectivity index (χ3n) is 3.05. The maximum atomic E-state index is 12.0. The van der Waals surface area contributed by atoms with Crippen LogP contribution in [0.2, 0.25) is 0 Å². The number of anilines is 1. The highest BCUT2D eigenvalue weighted by Crippen LogP contribution is 2.18. The Morgan fingerprint density at radius 3 is 2.85 bits per heavy atom. The van der Waals surface area contributed by atoms with E-state index in [9.17, 15) is 14.4 Å². The van der Waals surface area contributed by atoms with Gasteiger partial charge in [0, 0.05) is 17.1 Å². The number of aromatic amines is 1. The van der Waals surface area contributed by atoms with Crippen LogP contribution in [0.25, 0.3) is 0 Å². The molecule has 0 atom stereocenters. The number of carbonyl (C=O) groups is 2. The van der Waals surface area contributed by atoms with E-state index in [1.165, 1.54) is 17.4 Å². The van der Waals surface area contributed by atoms with Crippen LogP contribution in [0.1, 0.15) is 31.7 Å². The first-order chi connectivity index (χ1) is 12.5. The van der Waals surface area contributed by atoms with Crippen molar-refractivity contribution in [1.29, 1.82) is 0 Å². The van der Waals surface area contributed by atoms with Crippen molar-refractivity contribution in [3.05, 3.63) is 33.2 Å². The fourth-order valence-corrected chi connectivity index (χ4v) is 3.45. The quantitative estimate of drug-likeness (QED) is 0.378. The Morgan fingerprint density at radius 1 is 1.31 bits per heavy atom. The molecule has 26 heavy (non-hydrogen) atoms. The molecule has 0 radical (unpaired) electrons. The molecule has 2 aromatic heterocycles. The number of esters is 1. The first kappa shape index (κ1) is 20.1. The Bertz CT molecular complexity index is 819. The molecule has 0 bridgehead atoms. The number of hydrogen-bond acceptors (Lipinski definition) is 8. The van der Waals surface area contributed by atoms with E-state index in [0.717, 1.165) is 18.2 Å². The second kappa shape index (κ2) is 10.1. The third-order valence-corrected chi connectivity index (χ3v) is 4.73. The van der Waals surface area contributed by atoms with E-state index >= 15 is 0 Å². The number of H-pyrrole nitrogens is 1. The fraction of sp³-hybridized carbons (Fsp3) is 0.438. The minimum Gasteiger partial charge on any atom is -0.466 e. The van der Waals surface area contributed by atoms with Crippen LogP contribution in [0.4, 0.5) is 5.13 Å². The fourth-order valence-electron chi connectivity index (χ4n) is 2.03. The Hall–Kier alpha value is -2.20. The first-order valence-corrected chi connectivity index (χ1v) is 9.99. The summed E-state index contributed by atoms with van der Waals surface area (Å²) >= 11 is 2.39. The summed E-state index contributed by atoms with van der Waals surface area (Å²) in [4.78, 5) is 46.2. The number of thioether (sulfide) groups is 1. The number of aryl methyl sites for hydroxylation is 1. The van der Waals surface area contributed by atoms with Crippen LogP contribution in [0.15, 0.2) is 21.4 Å². The van der Waals surface area contributed by atoms with Gasteiger partial charge in [-0.3, -0.25) is 14.4 Å². The first-order valence-electron chi connectivity index (χ1n) is 8.13. The zero-order valence-corrected chi connectivity index (χ0v) is 16.2. The SMILES string of the molecule is CCCc1cc(=O)[nH]c(SCC(=O)Nc2nc(CC(=O)OCC)cs2)n1. The number of rotatable bonds is 9. The monoisotopic (exact) mass is 396 g/mol. The van der Waals surface area contributed by atoms with E-state index in [0.29, 0.717) is 34.7 Å². The summed E-state index contributed by atoms with van der Waals surface area (Å²) in [5, 5.41) is 5.20. The van der Waals surface area contributed by atoms with E-state index in [-0.39, 0.29) is 29.6 Å². The van der Waals surface area contributed by atoms with E-state index < -0.39 is 0 Å². The van der Waals surface area contributed by atoms with Gasteiger partial charge in [-0.25, -0.2) is 9.97 Å². The molecular weight excluding hydrogens is 376 g/mol. The van der Waals surface area contributed by atoms with Gasteiger partial charge in [-0.15, -0.1) is 11.3 Å². The summed E-state index contributed by atoms with van der Waals surface area (Å²) in [5.41, 5.74) is 1.03. The lowest BCUT2D eigenvalue weighted by atomic mass is 10.2. The van der Waals surface area contributed by atoms with Gasteiger partial charge in [0.15, 0.2) is 10.3 Å². The van der Waals surface area contributed by atoms with Crippen molar-refractivity contribution in [2.24, 2.45) is 0 Å². The van der Waals surface area contributed by atoms with Crippen LogP contribution in [0.3, 0.4) is 0 Å². The second-order valence-corrected chi connectivity index (χ2v) is 7.08. The molecule has 0 spiro atoms. The highest BCUT2D eigenvalue weighted by atomic mass is 32.2. The standard InChI is InChI=1S/C16H20N4O4S2/c1-3-5-10-6-12(21)19-15(17-10)26-9-13(22)20-16-18-11(8-25-16)7-14(23)24-4-2/h6,8H,3-5,7,9H2,1-2H3,(H,17,19,21)(H,18,20,22). The van der Waals surface area contributed by atoms with Crippen molar-refractivity contribution in [2.75, 3.05) is 17.7 Å². The molecule has 0 unspecified atom stereocenters. The van der Waals surface area contributed by atoms with Crippen LogP contribution in [0, 0.1) is 0 Å². The molecule has 2 heterocycles. The van der Waals surface area contributed by atoms with Crippen molar-refractivity contribution < 1.29 is 14.3 Å². The zero-order chi connectivity index (χ0) is 18.9. The second-order valence-electron chi connectivity index (χ2n) is 5.25. The van der Waals surface area contributed by atoms with Gasteiger partial charge in [0.2, 0.25) is 5.91 Å². The molecular formula is C16H20N4O4S2. The summed E-state index contributed by atoms with van der Waals surface area (Å²) in [6.45, 7) is 4.06. The Labute approximate surface area is 158 Å². The number of carbonyl (C=O) groups excluding carboxylic acids is 2. The van der Waals surface area contributed by atoms with Crippen molar-refractivity contribution in [1.82, 2.24) is 15.0 Å². The summed E-state index contributed by atoms with van der Waals surface area (Å²) in [7, 11) is 0. The van der Waals surface area contributed by atoms with Crippen molar-refractivity contribution >= 4 is 40.1 Å². The summed E-state index contributed by atoms with van der Waals surface area (Å²) in [5.74, 6) is -0.533. The number of aromatic nitrogens is 3. The number of amides is 1.